The Balaban J connectivity index is 2.00. The Labute approximate surface area is 113 Å². The fraction of sp³-hybridized carbons (Fsp3) is 0.545. The maximum Gasteiger partial charge on any atom is 0.267 e. The van der Waals surface area contributed by atoms with Gasteiger partial charge in [-0.1, -0.05) is 0 Å². The van der Waals surface area contributed by atoms with Crippen molar-refractivity contribution >= 4 is 28.5 Å². The molecule has 0 aliphatic heterocycles. The SMILES string of the molecule is Cc1ncn(CC(=O)NCC2CC2)c(=O)c1I. The zero-order valence-corrected chi connectivity index (χ0v) is 11.7. The number of carbonyl (C=O) groups excluding carboxylic acids is 1. The van der Waals surface area contributed by atoms with Gasteiger partial charge in [0.05, 0.1) is 15.6 Å². The van der Waals surface area contributed by atoms with E-state index in [2.05, 4.69) is 10.3 Å². The van der Waals surface area contributed by atoms with Gasteiger partial charge < -0.3 is 5.32 Å². The third-order valence-electron chi connectivity index (χ3n) is 2.76. The highest BCUT2D eigenvalue weighted by Crippen LogP contribution is 2.27. The molecule has 1 aromatic heterocycles. The molecule has 0 spiro atoms. The van der Waals surface area contributed by atoms with Gasteiger partial charge in [0.15, 0.2) is 0 Å². The molecule has 0 atom stereocenters. The zero-order valence-electron chi connectivity index (χ0n) is 9.57. The molecule has 5 nitrogen and oxygen atoms in total. The minimum atomic E-state index is -0.153. The molecule has 0 bridgehead atoms. The Morgan fingerprint density at radius 3 is 3.00 bits per heavy atom. The largest absolute Gasteiger partial charge is 0.354 e. The Bertz CT molecular complexity index is 494. The molecule has 1 aromatic rings. The molecule has 1 saturated carbocycles. The summed E-state index contributed by atoms with van der Waals surface area (Å²) in [6.07, 6.45) is 3.82. The van der Waals surface area contributed by atoms with Crippen molar-refractivity contribution in [2.24, 2.45) is 5.92 Å². The van der Waals surface area contributed by atoms with Gasteiger partial charge in [-0.25, -0.2) is 4.98 Å². The predicted molar refractivity (Wildman–Crippen MR) is 71.7 cm³/mol. The van der Waals surface area contributed by atoms with Crippen LogP contribution in [0.1, 0.15) is 18.5 Å². The third kappa shape index (κ3) is 3.27. The van der Waals surface area contributed by atoms with Crippen LogP contribution in [0.4, 0.5) is 0 Å². The van der Waals surface area contributed by atoms with Crippen LogP contribution in [-0.4, -0.2) is 22.0 Å². The quantitative estimate of drug-likeness (QED) is 0.815. The molecular formula is C11H14IN3O2. The Kier molecular flexibility index (Phi) is 3.80. The number of nitrogens with zero attached hydrogens (tertiary/aromatic N) is 2. The summed E-state index contributed by atoms with van der Waals surface area (Å²) in [5.74, 6) is 0.521. The van der Waals surface area contributed by atoms with Gasteiger partial charge in [0.25, 0.3) is 5.56 Å². The molecule has 1 aliphatic rings. The summed E-state index contributed by atoms with van der Waals surface area (Å²) in [5, 5.41) is 2.83. The van der Waals surface area contributed by atoms with Gasteiger partial charge >= 0.3 is 0 Å². The molecule has 92 valence electrons. The first-order chi connectivity index (χ1) is 8.08. The van der Waals surface area contributed by atoms with E-state index in [1.807, 2.05) is 22.6 Å². The van der Waals surface area contributed by atoms with Crippen molar-refractivity contribution in [2.45, 2.75) is 26.3 Å². The molecule has 2 rings (SSSR count). The average Bonchev–Trinajstić information content (AvgIpc) is 3.11. The first-order valence-electron chi connectivity index (χ1n) is 5.56. The molecule has 1 amide bonds. The monoisotopic (exact) mass is 347 g/mol. The normalized spacial score (nSPS) is 14.7. The summed E-state index contributed by atoms with van der Waals surface area (Å²) in [6.45, 7) is 2.56. The second kappa shape index (κ2) is 5.16. The predicted octanol–water partition coefficient (Wildman–Crippen LogP) is 0.683. The highest BCUT2D eigenvalue weighted by Gasteiger charge is 2.21. The van der Waals surface area contributed by atoms with Crippen molar-refractivity contribution in [3.63, 3.8) is 0 Å². The van der Waals surface area contributed by atoms with Gasteiger partial charge in [-0.15, -0.1) is 0 Å². The van der Waals surface area contributed by atoms with Crippen LogP contribution in [0.5, 0.6) is 0 Å². The number of aromatic nitrogens is 2. The lowest BCUT2D eigenvalue weighted by Crippen LogP contribution is -2.34. The number of nitrogens with one attached hydrogen (secondary N) is 1. The van der Waals surface area contributed by atoms with Gasteiger partial charge in [0, 0.05) is 6.54 Å². The van der Waals surface area contributed by atoms with Crippen LogP contribution in [0, 0.1) is 16.4 Å². The van der Waals surface area contributed by atoms with Crippen molar-refractivity contribution in [3.8, 4) is 0 Å². The molecule has 0 radical (unpaired) electrons. The summed E-state index contributed by atoms with van der Waals surface area (Å²) in [6, 6.07) is 0. The van der Waals surface area contributed by atoms with Crippen molar-refractivity contribution < 1.29 is 4.79 Å². The second-order valence-electron chi connectivity index (χ2n) is 4.32. The van der Waals surface area contributed by atoms with E-state index in [4.69, 9.17) is 0 Å². The number of amides is 1. The number of halogens is 1. The maximum atomic E-state index is 11.8. The Morgan fingerprint density at radius 2 is 2.35 bits per heavy atom. The summed E-state index contributed by atoms with van der Waals surface area (Å²) in [7, 11) is 0. The Hall–Kier alpha value is -0.920. The van der Waals surface area contributed by atoms with Crippen LogP contribution in [0.3, 0.4) is 0 Å². The fourth-order valence-electron chi connectivity index (χ4n) is 1.45. The maximum absolute atomic E-state index is 11.8. The second-order valence-corrected chi connectivity index (χ2v) is 5.40. The smallest absolute Gasteiger partial charge is 0.267 e. The van der Waals surface area contributed by atoms with E-state index in [1.54, 1.807) is 6.92 Å². The Morgan fingerprint density at radius 1 is 1.65 bits per heavy atom. The van der Waals surface area contributed by atoms with E-state index in [0.29, 0.717) is 15.2 Å². The van der Waals surface area contributed by atoms with Crippen molar-refractivity contribution in [1.82, 2.24) is 14.9 Å². The van der Waals surface area contributed by atoms with Crippen LogP contribution >= 0.6 is 22.6 Å². The van der Waals surface area contributed by atoms with E-state index in [0.717, 1.165) is 6.54 Å². The molecule has 0 aromatic carbocycles. The van der Waals surface area contributed by atoms with Gasteiger partial charge in [0.1, 0.15) is 6.54 Å². The van der Waals surface area contributed by atoms with Gasteiger partial charge in [-0.3, -0.25) is 14.2 Å². The number of carbonyl (C=O) groups is 1. The molecule has 1 aliphatic carbocycles. The average molecular weight is 347 g/mol. The minimum Gasteiger partial charge on any atom is -0.354 e. The van der Waals surface area contributed by atoms with Crippen molar-refractivity contribution in [2.75, 3.05) is 6.54 Å². The van der Waals surface area contributed by atoms with E-state index >= 15 is 0 Å². The van der Waals surface area contributed by atoms with E-state index in [1.165, 1.54) is 23.7 Å². The number of rotatable bonds is 4. The molecule has 0 unspecified atom stereocenters. The lowest BCUT2D eigenvalue weighted by Gasteiger charge is -2.07. The molecule has 0 saturated heterocycles. The molecule has 1 fully saturated rings. The highest BCUT2D eigenvalue weighted by molar-refractivity contribution is 14.1. The van der Waals surface area contributed by atoms with Crippen LogP contribution in [0.25, 0.3) is 0 Å². The summed E-state index contributed by atoms with van der Waals surface area (Å²) in [5.41, 5.74) is 0.546. The van der Waals surface area contributed by atoms with Gasteiger partial charge in [-0.2, -0.15) is 0 Å². The van der Waals surface area contributed by atoms with Gasteiger partial charge in [0.2, 0.25) is 5.91 Å². The molecule has 17 heavy (non-hydrogen) atoms. The van der Waals surface area contributed by atoms with Crippen molar-refractivity contribution in [3.05, 3.63) is 25.9 Å². The van der Waals surface area contributed by atoms with Crippen LogP contribution in [0.15, 0.2) is 11.1 Å². The topological polar surface area (TPSA) is 64.0 Å². The van der Waals surface area contributed by atoms with E-state index < -0.39 is 0 Å². The van der Waals surface area contributed by atoms with Crippen molar-refractivity contribution in [1.29, 1.82) is 0 Å². The van der Waals surface area contributed by atoms with Crippen LogP contribution in [-0.2, 0) is 11.3 Å². The molecule has 6 heteroatoms. The molecular weight excluding hydrogens is 333 g/mol. The highest BCUT2D eigenvalue weighted by atomic mass is 127. The zero-order chi connectivity index (χ0) is 12.4. The number of hydrogen-bond donors (Lipinski definition) is 1. The summed E-state index contributed by atoms with van der Waals surface area (Å²) in [4.78, 5) is 27.5. The van der Waals surface area contributed by atoms with Gasteiger partial charge in [-0.05, 0) is 48.3 Å². The third-order valence-corrected chi connectivity index (χ3v) is 4.00. The van der Waals surface area contributed by atoms with E-state index in [-0.39, 0.29) is 18.0 Å². The lowest BCUT2D eigenvalue weighted by atomic mass is 10.4. The summed E-state index contributed by atoms with van der Waals surface area (Å²) < 4.78 is 1.91. The number of hydrogen-bond acceptors (Lipinski definition) is 3. The first kappa shape index (κ1) is 12.5. The van der Waals surface area contributed by atoms with E-state index in [9.17, 15) is 9.59 Å². The summed E-state index contributed by atoms with van der Waals surface area (Å²) >= 11 is 1.96. The lowest BCUT2D eigenvalue weighted by molar-refractivity contribution is -0.121. The molecule has 1 heterocycles. The molecule has 1 N–H and O–H groups in total. The van der Waals surface area contributed by atoms with Crippen LogP contribution in [0.2, 0.25) is 0 Å². The first-order valence-corrected chi connectivity index (χ1v) is 6.64. The van der Waals surface area contributed by atoms with Crippen LogP contribution < -0.4 is 10.9 Å². The number of aryl methyl sites for hydroxylation is 1. The minimum absolute atomic E-state index is 0.0504. The fourth-order valence-corrected chi connectivity index (χ4v) is 1.90. The standard InChI is InChI=1S/C11H14IN3O2/c1-7-10(12)11(17)15(6-14-7)5-9(16)13-4-8-2-3-8/h6,8H,2-5H2,1H3,(H,13,16).